The molecule has 0 atom stereocenters. The second-order valence-corrected chi connectivity index (χ2v) is 11.5. The van der Waals surface area contributed by atoms with Gasteiger partial charge in [-0.3, -0.25) is 14.6 Å². The Morgan fingerprint density at radius 2 is 1.74 bits per heavy atom. The van der Waals surface area contributed by atoms with E-state index in [-0.39, 0.29) is 17.2 Å². The van der Waals surface area contributed by atoms with E-state index in [4.69, 9.17) is 11.6 Å². The number of amides is 2. The van der Waals surface area contributed by atoms with E-state index < -0.39 is 0 Å². The molecule has 2 fully saturated rings. The van der Waals surface area contributed by atoms with Gasteiger partial charge in [-0.05, 0) is 72.0 Å². The maximum atomic E-state index is 13.5. The first-order valence-corrected chi connectivity index (χ1v) is 14.0. The van der Waals surface area contributed by atoms with E-state index >= 15 is 0 Å². The molecule has 0 saturated carbocycles. The third kappa shape index (κ3) is 4.25. The van der Waals surface area contributed by atoms with Crippen molar-refractivity contribution < 1.29 is 9.59 Å². The fourth-order valence-electron chi connectivity index (χ4n) is 6.60. The van der Waals surface area contributed by atoms with Gasteiger partial charge in [-0.2, -0.15) is 0 Å². The van der Waals surface area contributed by atoms with Crippen LogP contribution in [0.15, 0.2) is 73.2 Å². The summed E-state index contributed by atoms with van der Waals surface area (Å²) in [6.07, 6.45) is 8.95. The molecule has 0 bridgehead atoms. The van der Waals surface area contributed by atoms with Gasteiger partial charge in [-0.15, -0.1) is 0 Å². The molecule has 198 valence electrons. The number of halogens is 1. The molecule has 0 N–H and O–H groups in total. The minimum absolute atomic E-state index is 0.0820. The van der Waals surface area contributed by atoms with E-state index in [1.807, 2.05) is 59.6 Å². The smallest absolute Gasteiger partial charge is 0.260 e. The van der Waals surface area contributed by atoms with Crippen LogP contribution in [0.4, 0.5) is 11.4 Å². The Labute approximate surface area is 232 Å². The molecule has 0 unspecified atom stereocenters. The molecule has 8 heteroatoms. The molecule has 0 radical (unpaired) electrons. The monoisotopic (exact) mass is 539 g/mol. The average Bonchev–Trinajstić information content (AvgIpc) is 3.66. The van der Waals surface area contributed by atoms with Gasteiger partial charge in [0.15, 0.2) is 0 Å². The van der Waals surface area contributed by atoms with Gasteiger partial charge in [-0.1, -0.05) is 29.8 Å². The third-order valence-electron chi connectivity index (χ3n) is 8.91. The molecule has 39 heavy (non-hydrogen) atoms. The molecule has 2 saturated heterocycles. The second-order valence-electron chi connectivity index (χ2n) is 11.1. The number of piperidine rings is 1. The molecule has 2 aromatic heterocycles. The molecule has 4 aromatic rings. The number of benzene rings is 2. The van der Waals surface area contributed by atoms with Gasteiger partial charge < -0.3 is 19.3 Å². The van der Waals surface area contributed by atoms with Gasteiger partial charge in [0.1, 0.15) is 6.54 Å². The lowest BCUT2D eigenvalue weighted by Crippen LogP contribution is -2.42. The second kappa shape index (κ2) is 9.42. The lowest BCUT2D eigenvalue weighted by Gasteiger charge is -2.40. The van der Waals surface area contributed by atoms with Crippen LogP contribution in [0.5, 0.6) is 0 Å². The number of nitrogens with zero attached hydrogens (tertiary/aromatic N) is 5. The summed E-state index contributed by atoms with van der Waals surface area (Å²) in [6.45, 7) is 4.48. The van der Waals surface area contributed by atoms with Gasteiger partial charge in [-0.25, -0.2) is 0 Å². The molecule has 3 aliphatic heterocycles. The average molecular weight is 540 g/mol. The molecule has 0 aliphatic carbocycles. The van der Waals surface area contributed by atoms with Crippen molar-refractivity contribution in [2.24, 2.45) is 5.41 Å². The van der Waals surface area contributed by atoms with Crippen molar-refractivity contribution in [2.75, 3.05) is 36.0 Å². The van der Waals surface area contributed by atoms with Crippen molar-refractivity contribution in [2.45, 2.75) is 32.4 Å². The fourth-order valence-corrected chi connectivity index (χ4v) is 6.87. The summed E-state index contributed by atoms with van der Waals surface area (Å²) in [5.41, 5.74) is 4.74. The number of anilines is 2. The highest BCUT2D eigenvalue weighted by Crippen LogP contribution is 2.41. The van der Waals surface area contributed by atoms with Crippen LogP contribution in [0.1, 0.15) is 35.2 Å². The zero-order chi connectivity index (χ0) is 26.6. The Morgan fingerprint density at radius 1 is 0.949 bits per heavy atom. The number of aromatic nitrogens is 2. The maximum Gasteiger partial charge on any atom is 0.260 e. The highest BCUT2D eigenvalue weighted by Gasteiger charge is 2.42. The number of likely N-dealkylation sites (tertiary alicyclic amines) is 1. The number of hydrogen-bond donors (Lipinski definition) is 0. The van der Waals surface area contributed by atoms with Crippen LogP contribution in [-0.4, -0.2) is 52.4 Å². The normalized spacial score (nSPS) is 18.4. The highest BCUT2D eigenvalue weighted by molar-refractivity contribution is 6.35. The summed E-state index contributed by atoms with van der Waals surface area (Å²) >= 11 is 6.33. The van der Waals surface area contributed by atoms with E-state index in [1.165, 1.54) is 5.69 Å². The largest absolute Gasteiger partial charge is 0.371 e. The fraction of sp³-hybridized carbons (Fsp3) is 0.323. The number of pyridine rings is 1. The molecule has 2 aromatic carbocycles. The van der Waals surface area contributed by atoms with Gasteiger partial charge in [0.2, 0.25) is 5.91 Å². The molecular weight excluding hydrogens is 510 g/mol. The number of rotatable bonds is 4. The zero-order valence-corrected chi connectivity index (χ0v) is 22.5. The Bertz CT molecular complexity index is 1570. The van der Waals surface area contributed by atoms with Crippen molar-refractivity contribution in [3.05, 3.63) is 89.3 Å². The van der Waals surface area contributed by atoms with Crippen LogP contribution in [-0.2, 0) is 17.9 Å². The zero-order valence-electron chi connectivity index (χ0n) is 21.7. The van der Waals surface area contributed by atoms with Crippen molar-refractivity contribution >= 4 is 45.7 Å². The number of hydrogen-bond acceptors (Lipinski definition) is 4. The van der Waals surface area contributed by atoms with Gasteiger partial charge in [0, 0.05) is 56.1 Å². The number of carbonyl (C=O) groups is 2. The SMILES string of the molecule is O=C(Cn1ccc2ccc(N3Cc4cccc(Cl)c4C3=O)cc21)N1CCC2(CCN(c3ccncc3)CC2)C1. The van der Waals surface area contributed by atoms with Gasteiger partial charge in [0.05, 0.1) is 22.6 Å². The minimum Gasteiger partial charge on any atom is -0.371 e. The summed E-state index contributed by atoms with van der Waals surface area (Å²) in [6, 6.07) is 17.8. The molecule has 1 spiro atoms. The van der Waals surface area contributed by atoms with Crippen molar-refractivity contribution in [1.29, 1.82) is 0 Å². The minimum atomic E-state index is -0.0820. The van der Waals surface area contributed by atoms with E-state index in [0.717, 1.165) is 67.6 Å². The highest BCUT2D eigenvalue weighted by atomic mass is 35.5. The van der Waals surface area contributed by atoms with Crippen molar-refractivity contribution in [1.82, 2.24) is 14.5 Å². The van der Waals surface area contributed by atoms with Crippen LogP contribution in [0, 0.1) is 5.41 Å². The van der Waals surface area contributed by atoms with Crippen LogP contribution < -0.4 is 9.80 Å². The third-order valence-corrected chi connectivity index (χ3v) is 9.22. The van der Waals surface area contributed by atoms with Crippen LogP contribution >= 0.6 is 11.6 Å². The van der Waals surface area contributed by atoms with Crippen molar-refractivity contribution in [3.63, 3.8) is 0 Å². The standard InChI is InChI=1S/C31H30ClN5O2/c32-26-3-1-2-23-19-37(30(39)29(23)26)25-5-4-22-8-14-35(27(22)18-25)20-28(38)36-17-11-31(21-36)9-15-34(16-10-31)24-6-12-33-13-7-24/h1-8,12-14,18H,9-11,15-17,19-21H2. The molecule has 5 heterocycles. The lowest BCUT2D eigenvalue weighted by molar-refractivity contribution is -0.131. The predicted molar refractivity (Wildman–Crippen MR) is 153 cm³/mol. The topological polar surface area (TPSA) is 61.7 Å². The lowest BCUT2D eigenvalue weighted by atomic mass is 9.77. The first kappa shape index (κ1) is 24.2. The Kier molecular flexibility index (Phi) is 5.85. The Hall–Kier alpha value is -3.84. The molecule has 3 aliphatic rings. The van der Waals surface area contributed by atoms with E-state index in [0.29, 0.717) is 23.7 Å². The number of carbonyl (C=O) groups excluding carboxylic acids is 2. The summed E-state index contributed by atoms with van der Waals surface area (Å²) in [7, 11) is 0. The summed E-state index contributed by atoms with van der Waals surface area (Å²) < 4.78 is 2.01. The van der Waals surface area contributed by atoms with Crippen LogP contribution in [0.25, 0.3) is 10.9 Å². The molecule has 7 nitrogen and oxygen atoms in total. The van der Waals surface area contributed by atoms with E-state index in [9.17, 15) is 9.59 Å². The van der Waals surface area contributed by atoms with Gasteiger partial charge in [0.25, 0.3) is 5.91 Å². The van der Waals surface area contributed by atoms with Crippen LogP contribution in [0.3, 0.4) is 0 Å². The molecule has 7 rings (SSSR count). The predicted octanol–water partition coefficient (Wildman–Crippen LogP) is 5.37. The first-order chi connectivity index (χ1) is 19.0. The van der Waals surface area contributed by atoms with E-state index in [1.54, 1.807) is 11.0 Å². The first-order valence-electron chi connectivity index (χ1n) is 13.6. The summed E-state index contributed by atoms with van der Waals surface area (Å²) in [5, 5.41) is 1.54. The maximum absolute atomic E-state index is 13.5. The molecule has 2 amide bonds. The molecular formula is C31H30ClN5O2. The van der Waals surface area contributed by atoms with Crippen LogP contribution in [0.2, 0.25) is 5.02 Å². The van der Waals surface area contributed by atoms with Gasteiger partial charge >= 0.3 is 0 Å². The van der Waals surface area contributed by atoms with Crippen molar-refractivity contribution in [3.8, 4) is 0 Å². The van der Waals surface area contributed by atoms with E-state index in [2.05, 4.69) is 26.9 Å². The number of fused-ring (bicyclic) bond motifs is 2. The Balaban J connectivity index is 1.04. The summed E-state index contributed by atoms with van der Waals surface area (Å²) in [5.74, 6) is 0.0734. The Morgan fingerprint density at radius 3 is 2.54 bits per heavy atom. The quantitative estimate of drug-likeness (QED) is 0.350. The summed E-state index contributed by atoms with van der Waals surface area (Å²) in [4.78, 5) is 37.0.